The average molecular weight is 291 g/mol. The van der Waals surface area contributed by atoms with E-state index < -0.39 is 0 Å². The Labute approximate surface area is 128 Å². The number of hydrogen-bond donors (Lipinski definition) is 1. The first-order chi connectivity index (χ1) is 9.94. The van der Waals surface area contributed by atoms with E-state index in [4.69, 9.17) is 5.73 Å². The first-order valence-electron chi connectivity index (χ1n) is 7.94. The molecule has 0 bridgehead atoms. The topological polar surface area (TPSA) is 58.3 Å². The Hall–Kier alpha value is -1.20. The van der Waals surface area contributed by atoms with Crippen LogP contribution in [0.25, 0.3) is 0 Å². The second kappa shape index (κ2) is 7.18. The summed E-state index contributed by atoms with van der Waals surface area (Å²) in [6.07, 6.45) is 5.78. The third-order valence-electron chi connectivity index (χ3n) is 3.90. The van der Waals surface area contributed by atoms with Gasteiger partial charge in [-0.1, -0.05) is 20.8 Å². The van der Waals surface area contributed by atoms with Crippen molar-refractivity contribution in [3.05, 3.63) is 18.5 Å². The Kier molecular flexibility index (Phi) is 5.53. The lowest BCUT2D eigenvalue weighted by molar-refractivity contribution is 0.234. The van der Waals surface area contributed by atoms with E-state index in [-0.39, 0.29) is 0 Å². The van der Waals surface area contributed by atoms with Gasteiger partial charge in [-0.2, -0.15) is 0 Å². The maximum atomic E-state index is 6.24. The summed E-state index contributed by atoms with van der Waals surface area (Å²) in [4.78, 5) is 13.4. The number of nitrogens with two attached hydrogens (primary N) is 1. The Bertz CT molecular complexity index is 406. The molecule has 1 saturated heterocycles. The second-order valence-corrected chi connectivity index (χ2v) is 7.19. The van der Waals surface area contributed by atoms with Crippen molar-refractivity contribution in [2.45, 2.75) is 39.7 Å². The largest absolute Gasteiger partial charge is 0.338 e. The Morgan fingerprint density at radius 1 is 1.14 bits per heavy atom. The van der Waals surface area contributed by atoms with Gasteiger partial charge in [0.05, 0.1) is 0 Å². The average Bonchev–Trinajstić information content (AvgIpc) is 2.45. The fourth-order valence-electron chi connectivity index (χ4n) is 2.86. The summed E-state index contributed by atoms with van der Waals surface area (Å²) in [5.41, 5.74) is 6.56. The van der Waals surface area contributed by atoms with Crippen molar-refractivity contribution in [2.24, 2.45) is 11.1 Å². The number of rotatable bonds is 5. The molecule has 1 aromatic rings. The first kappa shape index (κ1) is 16.2. The van der Waals surface area contributed by atoms with Crippen LogP contribution in [0.4, 0.5) is 5.95 Å². The van der Waals surface area contributed by atoms with Crippen molar-refractivity contribution in [1.29, 1.82) is 0 Å². The quantitative estimate of drug-likeness (QED) is 0.895. The van der Waals surface area contributed by atoms with Crippen LogP contribution >= 0.6 is 0 Å². The normalized spacial score (nSPS) is 18.8. The SMILES string of the molecule is CC(C)(C)CC(N)CCN1CCN(c2ncccn2)CC1. The smallest absolute Gasteiger partial charge is 0.225 e. The lowest BCUT2D eigenvalue weighted by atomic mass is 9.87. The first-order valence-corrected chi connectivity index (χ1v) is 7.94. The standard InChI is InChI=1S/C16H29N5/c1-16(2,3)13-14(17)5-8-20-9-11-21(12-10-20)15-18-6-4-7-19-15/h4,6-7,14H,5,8-13,17H2,1-3H3. The van der Waals surface area contributed by atoms with Gasteiger partial charge in [-0.3, -0.25) is 4.90 Å². The van der Waals surface area contributed by atoms with E-state index in [2.05, 4.69) is 40.5 Å². The highest BCUT2D eigenvalue weighted by molar-refractivity contribution is 5.29. The van der Waals surface area contributed by atoms with E-state index in [1.54, 1.807) is 12.4 Å². The minimum Gasteiger partial charge on any atom is -0.338 e. The fraction of sp³-hybridized carbons (Fsp3) is 0.750. The lowest BCUT2D eigenvalue weighted by Crippen LogP contribution is -2.48. The van der Waals surface area contributed by atoms with Crippen LogP contribution in [0.15, 0.2) is 18.5 Å². The Morgan fingerprint density at radius 3 is 2.33 bits per heavy atom. The molecule has 21 heavy (non-hydrogen) atoms. The summed E-state index contributed by atoms with van der Waals surface area (Å²) in [7, 11) is 0. The zero-order chi connectivity index (χ0) is 15.3. The summed E-state index contributed by atoms with van der Waals surface area (Å²) >= 11 is 0. The van der Waals surface area contributed by atoms with Gasteiger partial charge in [-0.05, 0) is 30.9 Å². The maximum Gasteiger partial charge on any atom is 0.225 e. The van der Waals surface area contributed by atoms with Crippen LogP contribution in [-0.2, 0) is 0 Å². The van der Waals surface area contributed by atoms with Crippen molar-refractivity contribution in [1.82, 2.24) is 14.9 Å². The van der Waals surface area contributed by atoms with Crippen molar-refractivity contribution < 1.29 is 0 Å². The molecule has 5 nitrogen and oxygen atoms in total. The van der Waals surface area contributed by atoms with Gasteiger partial charge >= 0.3 is 0 Å². The summed E-state index contributed by atoms with van der Waals surface area (Å²) < 4.78 is 0. The molecule has 0 spiro atoms. The summed E-state index contributed by atoms with van der Waals surface area (Å²) in [5.74, 6) is 0.849. The molecule has 0 amide bonds. The molecule has 0 radical (unpaired) electrons. The third-order valence-corrected chi connectivity index (χ3v) is 3.90. The fourth-order valence-corrected chi connectivity index (χ4v) is 2.86. The molecule has 0 aliphatic carbocycles. The van der Waals surface area contributed by atoms with Gasteiger partial charge in [0.1, 0.15) is 0 Å². The third kappa shape index (κ3) is 5.59. The summed E-state index contributed by atoms with van der Waals surface area (Å²) in [6, 6.07) is 2.16. The highest BCUT2D eigenvalue weighted by Crippen LogP contribution is 2.21. The predicted octanol–water partition coefficient (Wildman–Crippen LogP) is 1.75. The number of piperazine rings is 1. The zero-order valence-corrected chi connectivity index (χ0v) is 13.6. The molecule has 118 valence electrons. The van der Waals surface area contributed by atoms with Crippen LogP contribution in [0.5, 0.6) is 0 Å². The summed E-state index contributed by atoms with van der Waals surface area (Å²) in [5, 5.41) is 0. The molecule has 1 aromatic heterocycles. The van der Waals surface area contributed by atoms with Crippen molar-refractivity contribution >= 4 is 5.95 Å². The number of anilines is 1. The molecule has 0 aromatic carbocycles. The highest BCUT2D eigenvalue weighted by Gasteiger charge is 2.20. The minimum absolute atomic E-state index is 0.306. The number of aromatic nitrogens is 2. The van der Waals surface area contributed by atoms with Crippen molar-refractivity contribution in [2.75, 3.05) is 37.6 Å². The van der Waals surface area contributed by atoms with Crippen molar-refractivity contribution in [3.63, 3.8) is 0 Å². The van der Waals surface area contributed by atoms with Crippen LogP contribution in [0.3, 0.4) is 0 Å². The van der Waals surface area contributed by atoms with Crippen LogP contribution in [0, 0.1) is 5.41 Å². The highest BCUT2D eigenvalue weighted by atomic mass is 15.3. The van der Waals surface area contributed by atoms with Gasteiger partial charge in [0, 0.05) is 44.6 Å². The van der Waals surface area contributed by atoms with Gasteiger partial charge in [0.15, 0.2) is 0 Å². The number of hydrogen-bond acceptors (Lipinski definition) is 5. The monoisotopic (exact) mass is 291 g/mol. The molecule has 1 aliphatic rings. The molecule has 0 saturated carbocycles. The molecule has 1 aliphatic heterocycles. The van der Waals surface area contributed by atoms with E-state index in [0.29, 0.717) is 11.5 Å². The molecule has 2 heterocycles. The Morgan fingerprint density at radius 2 is 1.76 bits per heavy atom. The maximum absolute atomic E-state index is 6.24. The molecule has 5 heteroatoms. The molecule has 1 unspecified atom stereocenters. The lowest BCUT2D eigenvalue weighted by Gasteiger charge is -2.35. The van der Waals surface area contributed by atoms with Crippen LogP contribution in [0.2, 0.25) is 0 Å². The zero-order valence-electron chi connectivity index (χ0n) is 13.6. The van der Waals surface area contributed by atoms with Crippen LogP contribution in [-0.4, -0.2) is 53.6 Å². The minimum atomic E-state index is 0.306. The van der Waals surface area contributed by atoms with E-state index in [9.17, 15) is 0 Å². The van der Waals surface area contributed by atoms with Gasteiger partial charge in [0.2, 0.25) is 5.95 Å². The van der Waals surface area contributed by atoms with Gasteiger partial charge in [0.25, 0.3) is 0 Å². The number of nitrogens with zero attached hydrogens (tertiary/aromatic N) is 4. The van der Waals surface area contributed by atoms with Crippen molar-refractivity contribution in [3.8, 4) is 0 Å². The van der Waals surface area contributed by atoms with E-state index >= 15 is 0 Å². The van der Waals surface area contributed by atoms with Gasteiger partial charge in [-0.25, -0.2) is 9.97 Å². The van der Waals surface area contributed by atoms with Gasteiger partial charge in [-0.15, -0.1) is 0 Å². The molecule has 1 fully saturated rings. The summed E-state index contributed by atoms with van der Waals surface area (Å²) in [6.45, 7) is 12.0. The Balaban J connectivity index is 1.70. The van der Waals surface area contributed by atoms with Crippen LogP contribution in [0.1, 0.15) is 33.6 Å². The van der Waals surface area contributed by atoms with E-state index in [1.807, 2.05) is 6.07 Å². The predicted molar refractivity (Wildman–Crippen MR) is 87.3 cm³/mol. The second-order valence-electron chi connectivity index (χ2n) is 7.19. The molecule has 2 rings (SSSR count). The van der Waals surface area contributed by atoms with Gasteiger partial charge < -0.3 is 10.6 Å². The van der Waals surface area contributed by atoms with E-state index in [1.165, 1.54) is 0 Å². The molecular formula is C16H29N5. The van der Waals surface area contributed by atoms with E-state index in [0.717, 1.165) is 51.5 Å². The molecule has 1 atom stereocenters. The molecule has 2 N–H and O–H groups in total. The van der Waals surface area contributed by atoms with Crippen LogP contribution < -0.4 is 10.6 Å². The molecular weight excluding hydrogens is 262 g/mol.